The lowest BCUT2D eigenvalue weighted by Gasteiger charge is -2.24. The van der Waals surface area contributed by atoms with Crippen molar-refractivity contribution in [1.82, 2.24) is 10.6 Å². The Bertz CT molecular complexity index is 860. The van der Waals surface area contributed by atoms with Gasteiger partial charge >= 0.3 is 0 Å². The van der Waals surface area contributed by atoms with Crippen molar-refractivity contribution in [2.75, 3.05) is 26.3 Å². The number of nitrogens with one attached hydrogen (secondary N) is 2. The maximum absolute atomic E-state index is 13.2. The van der Waals surface area contributed by atoms with Gasteiger partial charge in [0.25, 0.3) is 5.91 Å². The van der Waals surface area contributed by atoms with E-state index in [-0.39, 0.29) is 17.7 Å². The molecule has 1 unspecified atom stereocenters. The predicted molar refractivity (Wildman–Crippen MR) is 112 cm³/mol. The van der Waals surface area contributed by atoms with Crippen LogP contribution in [0.4, 0.5) is 0 Å². The van der Waals surface area contributed by atoms with Gasteiger partial charge in [-0.3, -0.25) is 9.59 Å². The van der Waals surface area contributed by atoms with Gasteiger partial charge in [0.05, 0.1) is 18.8 Å². The van der Waals surface area contributed by atoms with Crippen molar-refractivity contribution in [3.8, 4) is 11.5 Å². The Morgan fingerprint density at radius 1 is 1.03 bits per heavy atom. The fourth-order valence-corrected chi connectivity index (χ4v) is 3.47. The smallest absolute Gasteiger partial charge is 0.252 e. The molecular formula is C23H28N2O4. The molecule has 0 bridgehead atoms. The van der Waals surface area contributed by atoms with Gasteiger partial charge in [0.15, 0.2) is 17.3 Å². The quantitative estimate of drug-likeness (QED) is 0.670. The summed E-state index contributed by atoms with van der Waals surface area (Å²) in [5, 5.41) is 6.32. The van der Waals surface area contributed by atoms with Gasteiger partial charge in [-0.15, -0.1) is 0 Å². The summed E-state index contributed by atoms with van der Waals surface area (Å²) in [6, 6.07) is 12.1. The van der Waals surface area contributed by atoms with Gasteiger partial charge in [0.2, 0.25) is 0 Å². The molecule has 0 aliphatic carbocycles. The van der Waals surface area contributed by atoms with Crippen molar-refractivity contribution in [3.63, 3.8) is 0 Å². The largest absolute Gasteiger partial charge is 0.490 e. The number of hydrogen-bond donors (Lipinski definition) is 2. The van der Waals surface area contributed by atoms with E-state index >= 15 is 0 Å². The van der Waals surface area contributed by atoms with E-state index in [4.69, 9.17) is 9.47 Å². The number of amides is 1. The molecule has 2 N–H and O–H groups in total. The van der Waals surface area contributed by atoms with Crippen LogP contribution in [0.15, 0.2) is 42.5 Å². The van der Waals surface area contributed by atoms with Crippen LogP contribution in [0.1, 0.15) is 53.0 Å². The Balaban J connectivity index is 1.86. The molecule has 6 nitrogen and oxygen atoms in total. The van der Waals surface area contributed by atoms with Crippen LogP contribution in [0.5, 0.6) is 11.5 Å². The van der Waals surface area contributed by atoms with Gasteiger partial charge in [-0.1, -0.05) is 18.2 Å². The maximum atomic E-state index is 13.2. The first-order valence-electron chi connectivity index (χ1n) is 10.2. The van der Waals surface area contributed by atoms with E-state index in [0.29, 0.717) is 41.4 Å². The molecule has 1 saturated heterocycles. The summed E-state index contributed by atoms with van der Waals surface area (Å²) in [5.74, 6) is 0.678. The third kappa shape index (κ3) is 5.15. The molecule has 1 aliphatic heterocycles. The van der Waals surface area contributed by atoms with Crippen molar-refractivity contribution in [2.45, 2.75) is 32.7 Å². The van der Waals surface area contributed by atoms with Gasteiger partial charge in [-0.05, 0) is 57.5 Å². The zero-order chi connectivity index (χ0) is 20.6. The number of ether oxygens (including phenoxy) is 2. The summed E-state index contributed by atoms with van der Waals surface area (Å²) in [4.78, 5) is 26.0. The lowest BCUT2D eigenvalue weighted by Crippen LogP contribution is -2.45. The molecule has 0 radical (unpaired) electrons. The van der Waals surface area contributed by atoms with Crippen LogP contribution in [0.3, 0.4) is 0 Å². The fourth-order valence-electron chi connectivity index (χ4n) is 3.47. The molecule has 6 heteroatoms. The van der Waals surface area contributed by atoms with E-state index in [0.717, 1.165) is 25.9 Å². The molecule has 1 atom stereocenters. The minimum absolute atomic E-state index is 0.0782. The molecule has 0 spiro atoms. The number of rotatable bonds is 8. The van der Waals surface area contributed by atoms with Crippen molar-refractivity contribution in [3.05, 3.63) is 59.2 Å². The third-order valence-electron chi connectivity index (χ3n) is 4.85. The number of hydrogen-bond acceptors (Lipinski definition) is 5. The second-order valence-electron chi connectivity index (χ2n) is 6.92. The summed E-state index contributed by atoms with van der Waals surface area (Å²) < 4.78 is 11.2. The van der Waals surface area contributed by atoms with Crippen LogP contribution >= 0.6 is 0 Å². The highest BCUT2D eigenvalue weighted by atomic mass is 16.5. The molecule has 3 rings (SSSR count). The van der Waals surface area contributed by atoms with Crippen molar-refractivity contribution in [2.24, 2.45) is 0 Å². The lowest BCUT2D eigenvalue weighted by atomic mass is 9.97. The Morgan fingerprint density at radius 3 is 2.45 bits per heavy atom. The van der Waals surface area contributed by atoms with Gasteiger partial charge in [0, 0.05) is 23.7 Å². The number of piperidine rings is 1. The summed E-state index contributed by atoms with van der Waals surface area (Å²) in [6.45, 7) is 6.47. The Morgan fingerprint density at radius 2 is 1.76 bits per heavy atom. The van der Waals surface area contributed by atoms with E-state index < -0.39 is 0 Å². The van der Waals surface area contributed by atoms with Gasteiger partial charge in [0.1, 0.15) is 0 Å². The van der Waals surface area contributed by atoms with E-state index in [1.165, 1.54) is 0 Å². The average Bonchev–Trinajstić information content (AvgIpc) is 2.75. The van der Waals surface area contributed by atoms with E-state index in [1.807, 2.05) is 13.8 Å². The van der Waals surface area contributed by atoms with Crippen molar-refractivity contribution >= 4 is 11.7 Å². The molecule has 154 valence electrons. The normalized spacial score (nSPS) is 16.1. The Hall–Kier alpha value is -2.86. The molecule has 2 aromatic carbocycles. The van der Waals surface area contributed by atoms with Crippen LogP contribution in [-0.4, -0.2) is 44.0 Å². The van der Waals surface area contributed by atoms with Crippen LogP contribution in [0, 0.1) is 0 Å². The van der Waals surface area contributed by atoms with E-state index in [2.05, 4.69) is 10.6 Å². The van der Waals surface area contributed by atoms with Crippen LogP contribution in [-0.2, 0) is 0 Å². The van der Waals surface area contributed by atoms with E-state index in [9.17, 15) is 9.59 Å². The molecule has 1 heterocycles. The maximum Gasteiger partial charge on any atom is 0.252 e. The summed E-state index contributed by atoms with van der Waals surface area (Å²) in [6.07, 6.45) is 1.96. The topological polar surface area (TPSA) is 76.7 Å². The van der Waals surface area contributed by atoms with Gasteiger partial charge < -0.3 is 20.1 Å². The molecule has 0 saturated carbocycles. The third-order valence-corrected chi connectivity index (χ3v) is 4.85. The van der Waals surface area contributed by atoms with Crippen LogP contribution in [0.25, 0.3) is 0 Å². The predicted octanol–water partition coefficient (Wildman–Crippen LogP) is 3.20. The zero-order valence-corrected chi connectivity index (χ0v) is 17.0. The van der Waals surface area contributed by atoms with Crippen molar-refractivity contribution < 1.29 is 19.1 Å². The SMILES string of the molecule is CCOc1ccc(C(=O)c2ccccc2C(=O)NC2CCCNC2)cc1OCC. The summed E-state index contributed by atoms with van der Waals surface area (Å²) in [5.41, 5.74) is 1.21. The van der Waals surface area contributed by atoms with Crippen LogP contribution < -0.4 is 20.1 Å². The van der Waals surface area contributed by atoms with Crippen molar-refractivity contribution in [1.29, 1.82) is 0 Å². The number of carbonyl (C=O) groups is 2. The molecule has 0 aromatic heterocycles. The first kappa shape index (κ1) is 20.9. The zero-order valence-electron chi connectivity index (χ0n) is 17.0. The lowest BCUT2D eigenvalue weighted by molar-refractivity contribution is 0.0921. The molecule has 1 amide bonds. The first-order valence-corrected chi connectivity index (χ1v) is 10.2. The second kappa shape index (κ2) is 10.1. The Kier molecular flexibility index (Phi) is 7.25. The van der Waals surface area contributed by atoms with Crippen LogP contribution in [0.2, 0.25) is 0 Å². The van der Waals surface area contributed by atoms with Gasteiger partial charge in [-0.2, -0.15) is 0 Å². The van der Waals surface area contributed by atoms with E-state index in [1.54, 1.807) is 42.5 Å². The highest BCUT2D eigenvalue weighted by Gasteiger charge is 2.22. The number of benzene rings is 2. The summed E-state index contributed by atoms with van der Waals surface area (Å²) >= 11 is 0. The molecule has 29 heavy (non-hydrogen) atoms. The second-order valence-corrected chi connectivity index (χ2v) is 6.92. The van der Waals surface area contributed by atoms with Gasteiger partial charge in [-0.25, -0.2) is 0 Å². The summed E-state index contributed by atoms with van der Waals surface area (Å²) in [7, 11) is 0. The highest BCUT2D eigenvalue weighted by Crippen LogP contribution is 2.30. The minimum Gasteiger partial charge on any atom is -0.490 e. The minimum atomic E-state index is -0.224. The fraction of sp³-hybridized carbons (Fsp3) is 0.391. The number of carbonyl (C=O) groups excluding carboxylic acids is 2. The first-order chi connectivity index (χ1) is 14.1. The highest BCUT2D eigenvalue weighted by molar-refractivity contribution is 6.15. The monoisotopic (exact) mass is 396 g/mol. The average molecular weight is 396 g/mol. The molecule has 1 fully saturated rings. The molecule has 1 aliphatic rings. The molecule has 2 aromatic rings. The Labute approximate surface area is 171 Å². The number of ketones is 1. The molecular weight excluding hydrogens is 368 g/mol. The standard InChI is InChI=1S/C23H28N2O4/c1-3-28-20-12-11-16(14-21(20)29-4-2)22(26)18-9-5-6-10-19(18)23(27)25-17-8-7-13-24-15-17/h5-6,9-12,14,17,24H,3-4,7-8,13,15H2,1-2H3,(H,25,27).